The van der Waals surface area contributed by atoms with Gasteiger partial charge >= 0.3 is 0 Å². The molecule has 27 heavy (non-hydrogen) atoms. The predicted octanol–water partition coefficient (Wildman–Crippen LogP) is 2.57. The second-order valence-electron chi connectivity index (χ2n) is 6.21. The minimum Gasteiger partial charge on any atom is -0.497 e. The van der Waals surface area contributed by atoms with Crippen molar-refractivity contribution in [1.29, 1.82) is 0 Å². The average molecular weight is 388 g/mol. The van der Waals surface area contributed by atoms with Crippen molar-refractivity contribution in [2.75, 3.05) is 13.7 Å². The number of ether oxygens (including phenoxy) is 2. The number of hydrogen-bond donors (Lipinski definition) is 2. The number of nitrogens with zero attached hydrogens (tertiary/aromatic N) is 3. The van der Waals surface area contributed by atoms with Crippen LogP contribution in [-0.2, 0) is 19.6 Å². The molecule has 1 aliphatic rings. The highest BCUT2D eigenvalue weighted by Gasteiger charge is 2.24. The molecule has 9 heteroatoms. The number of rotatable bonds is 5. The monoisotopic (exact) mass is 387 g/mol. The van der Waals surface area contributed by atoms with E-state index in [1.165, 1.54) is 0 Å². The summed E-state index contributed by atoms with van der Waals surface area (Å²) >= 11 is 6.16. The third-order valence-corrected chi connectivity index (χ3v) is 4.76. The van der Waals surface area contributed by atoms with Crippen LogP contribution < -0.4 is 9.47 Å². The number of halogens is 1. The number of carbonyl (C=O) groups excluding carboxylic acids is 1. The van der Waals surface area contributed by atoms with Crippen molar-refractivity contribution in [3.63, 3.8) is 0 Å². The molecule has 1 aromatic carbocycles. The second-order valence-corrected chi connectivity index (χ2v) is 6.62. The lowest BCUT2D eigenvalue weighted by Gasteiger charge is -2.25. The molecule has 3 heterocycles. The number of aromatic amines is 2. The average Bonchev–Trinajstić information content (AvgIpc) is 3.35. The fourth-order valence-electron chi connectivity index (χ4n) is 2.98. The van der Waals surface area contributed by atoms with Crippen LogP contribution in [0.25, 0.3) is 0 Å². The Kier molecular flexibility index (Phi) is 4.72. The second kappa shape index (κ2) is 7.32. The lowest BCUT2D eigenvalue weighted by Crippen LogP contribution is -2.35. The molecule has 8 nitrogen and oxygen atoms in total. The number of carbonyl (C=O) groups is 1. The van der Waals surface area contributed by atoms with Gasteiger partial charge in [0.25, 0.3) is 5.91 Å². The van der Waals surface area contributed by atoms with Crippen molar-refractivity contribution in [3.8, 4) is 11.5 Å². The summed E-state index contributed by atoms with van der Waals surface area (Å²) in [5.41, 5.74) is 3.18. The Hall–Kier alpha value is -3.00. The Morgan fingerprint density at radius 2 is 2.22 bits per heavy atom. The van der Waals surface area contributed by atoms with Gasteiger partial charge in [0.1, 0.15) is 18.1 Å². The Balaban J connectivity index is 1.39. The summed E-state index contributed by atoms with van der Waals surface area (Å²) in [4.78, 5) is 14.4. The lowest BCUT2D eigenvalue weighted by molar-refractivity contribution is 0.0728. The Morgan fingerprint density at radius 1 is 1.33 bits per heavy atom. The maximum absolute atomic E-state index is 12.7. The van der Waals surface area contributed by atoms with Crippen molar-refractivity contribution in [2.24, 2.45) is 0 Å². The van der Waals surface area contributed by atoms with Gasteiger partial charge in [-0.1, -0.05) is 11.6 Å². The Morgan fingerprint density at radius 3 is 3.04 bits per heavy atom. The number of benzene rings is 1. The van der Waals surface area contributed by atoms with Gasteiger partial charge in [-0.3, -0.25) is 15.0 Å². The minimum absolute atomic E-state index is 0.119. The van der Waals surface area contributed by atoms with Crippen molar-refractivity contribution in [2.45, 2.75) is 19.6 Å². The van der Waals surface area contributed by atoms with Crippen LogP contribution in [0.4, 0.5) is 0 Å². The molecule has 3 aromatic rings. The highest BCUT2D eigenvalue weighted by molar-refractivity contribution is 6.32. The topological polar surface area (TPSA) is 96.1 Å². The molecule has 0 saturated carbocycles. The van der Waals surface area contributed by atoms with E-state index >= 15 is 0 Å². The fraction of sp³-hybridized carbons (Fsp3) is 0.278. The molecule has 0 atom stereocenters. The predicted molar refractivity (Wildman–Crippen MR) is 98.0 cm³/mol. The van der Waals surface area contributed by atoms with Crippen molar-refractivity contribution < 1.29 is 14.3 Å². The number of amides is 1. The summed E-state index contributed by atoms with van der Waals surface area (Å²) in [6, 6.07) is 6.88. The van der Waals surface area contributed by atoms with E-state index in [4.69, 9.17) is 21.1 Å². The van der Waals surface area contributed by atoms with Gasteiger partial charge in [-0.2, -0.15) is 10.2 Å². The number of aromatic nitrogens is 4. The van der Waals surface area contributed by atoms with Crippen molar-refractivity contribution in [1.82, 2.24) is 25.3 Å². The van der Waals surface area contributed by atoms with Gasteiger partial charge in [-0.25, -0.2) is 0 Å². The summed E-state index contributed by atoms with van der Waals surface area (Å²) in [6.45, 7) is 1.39. The number of methoxy groups -OCH3 is 1. The molecule has 1 aliphatic heterocycles. The molecule has 0 saturated heterocycles. The first-order valence-corrected chi connectivity index (χ1v) is 8.83. The first-order chi connectivity index (χ1) is 13.1. The SMILES string of the molecule is COc1ccc(OCc2cc(C(=O)N3CCc4[nH]ncc4C3)n[nH]2)c(Cl)c1. The van der Waals surface area contributed by atoms with Crippen LogP contribution in [0.1, 0.15) is 27.4 Å². The van der Waals surface area contributed by atoms with Crippen molar-refractivity contribution >= 4 is 17.5 Å². The van der Waals surface area contributed by atoms with Crippen LogP contribution in [0.3, 0.4) is 0 Å². The zero-order chi connectivity index (χ0) is 18.8. The number of H-pyrrole nitrogens is 2. The Labute approximate surface area is 160 Å². The van der Waals surface area contributed by atoms with Crippen LogP contribution in [0.2, 0.25) is 5.02 Å². The van der Waals surface area contributed by atoms with E-state index in [9.17, 15) is 4.79 Å². The quantitative estimate of drug-likeness (QED) is 0.701. The molecule has 0 bridgehead atoms. The molecule has 2 aromatic heterocycles. The zero-order valence-corrected chi connectivity index (χ0v) is 15.4. The largest absolute Gasteiger partial charge is 0.497 e. The summed E-state index contributed by atoms with van der Waals surface area (Å²) < 4.78 is 10.8. The third kappa shape index (κ3) is 3.61. The summed E-state index contributed by atoms with van der Waals surface area (Å²) in [7, 11) is 1.57. The van der Waals surface area contributed by atoms with Gasteiger partial charge in [0, 0.05) is 36.8 Å². The maximum Gasteiger partial charge on any atom is 0.274 e. The molecule has 0 fully saturated rings. The van der Waals surface area contributed by atoms with Gasteiger partial charge < -0.3 is 14.4 Å². The molecule has 0 aliphatic carbocycles. The normalized spacial score (nSPS) is 13.3. The van der Waals surface area contributed by atoms with Crippen LogP contribution in [0.5, 0.6) is 11.5 Å². The molecule has 1 amide bonds. The number of nitrogens with one attached hydrogen (secondary N) is 2. The first kappa shape index (κ1) is 17.4. The number of hydrogen-bond acceptors (Lipinski definition) is 5. The maximum atomic E-state index is 12.7. The number of fused-ring (bicyclic) bond motifs is 1. The Bertz CT molecular complexity index is 968. The molecular weight excluding hydrogens is 370 g/mol. The molecule has 140 valence electrons. The van der Waals surface area contributed by atoms with Gasteiger partial charge in [0.05, 0.1) is 24.0 Å². The van der Waals surface area contributed by atoms with E-state index in [2.05, 4.69) is 20.4 Å². The zero-order valence-electron chi connectivity index (χ0n) is 14.7. The first-order valence-electron chi connectivity index (χ1n) is 8.45. The fourth-order valence-corrected chi connectivity index (χ4v) is 3.21. The molecule has 0 spiro atoms. The summed E-state index contributed by atoms with van der Waals surface area (Å²) in [5, 5.41) is 14.4. The van der Waals surface area contributed by atoms with E-state index < -0.39 is 0 Å². The van der Waals surface area contributed by atoms with Gasteiger partial charge in [0.2, 0.25) is 0 Å². The van der Waals surface area contributed by atoms with Gasteiger partial charge in [-0.05, 0) is 18.2 Å². The van der Waals surface area contributed by atoms with Crippen LogP contribution >= 0.6 is 11.6 Å². The van der Waals surface area contributed by atoms with Gasteiger partial charge in [0.15, 0.2) is 5.69 Å². The minimum atomic E-state index is -0.119. The van der Waals surface area contributed by atoms with Crippen LogP contribution in [-0.4, -0.2) is 44.9 Å². The molecule has 2 N–H and O–H groups in total. The standard InChI is InChI=1S/C18H18ClN5O3/c1-26-13-2-3-17(14(19)7-13)27-10-12-6-16(23-21-12)18(25)24-5-4-15-11(9-24)8-20-22-15/h2-3,6-8H,4-5,9-10H2,1H3,(H,20,22)(H,21,23). The van der Waals surface area contributed by atoms with Gasteiger partial charge in [-0.15, -0.1) is 0 Å². The molecule has 0 radical (unpaired) electrons. The molecule has 4 rings (SSSR count). The van der Waals surface area contributed by atoms with E-state index in [-0.39, 0.29) is 12.5 Å². The van der Waals surface area contributed by atoms with E-state index in [0.29, 0.717) is 41.0 Å². The van der Waals surface area contributed by atoms with Crippen molar-refractivity contribution in [3.05, 3.63) is 58.1 Å². The summed E-state index contributed by atoms with van der Waals surface area (Å²) in [6.07, 6.45) is 2.52. The summed E-state index contributed by atoms with van der Waals surface area (Å²) in [5.74, 6) is 1.07. The highest BCUT2D eigenvalue weighted by Crippen LogP contribution is 2.29. The van der Waals surface area contributed by atoms with Crippen LogP contribution in [0.15, 0.2) is 30.5 Å². The van der Waals surface area contributed by atoms with Crippen LogP contribution in [0, 0.1) is 0 Å². The van der Waals surface area contributed by atoms with E-state index in [1.807, 2.05) is 0 Å². The molecule has 0 unspecified atom stereocenters. The third-order valence-electron chi connectivity index (χ3n) is 4.46. The van der Waals surface area contributed by atoms with E-state index in [1.54, 1.807) is 42.5 Å². The highest BCUT2D eigenvalue weighted by atomic mass is 35.5. The molecular formula is C18H18ClN5O3. The van der Waals surface area contributed by atoms with E-state index in [0.717, 1.165) is 17.7 Å². The lowest BCUT2D eigenvalue weighted by atomic mass is 10.1. The smallest absolute Gasteiger partial charge is 0.274 e.